The molecule has 0 unspecified atom stereocenters. The van der Waals surface area contributed by atoms with Gasteiger partial charge in [-0.1, -0.05) is 53.5 Å². The zero-order chi connectivity index (χ0) is 19.0. The lowest BCUT2D eigenvalue weighted by Gasteiger charge is -2.16. The van der Waals surface area contributed by atoms with E-state index in [1.54, 1.807) is 24.3 Å². The van der Waals surface area contributed by atoms with Crippen LogP contribution >= 0.6 is 23.2 Å². The molecule has 3 aromatic rings. The van der Waals surface area contributed by atoms with Crippen molar-refractivity contribution in [3.63, 3.8) is 0 Å². The van der Waals surface area contributed by atoms with Gasteiger partial charge in [-0.2, -0.15) is 5.10 Å². The van der Waals surface area contributed by atoms with E-state index in [4.69, 9.17) is 23.2 Å². The first-order valence-corrected chi connectivity index (χ1v) is 8.91. The first kappa shape index (κ1) is 17.5. The van der Waals surface area contributed by atoms with E-state index in [9.17, 15) is 9.59 Å². The largest absolute Gasteiger partial charge is 0.298 e. The van der Waals surface area contributed by atoms with Crippen LogP contribution in [0.25, 0.3) is 10.8 Å². The van der Waals surface area contributed by atoms with Gasteiger partial charge in [-0.3, -0.25) is 14.5 Å². The lowest BCUT2D eigenvalue weighted by molar-refractivity contribution is -0.119. The third-order valence-electron chi connectivity index (χ3n) is 4.33. The van der Waals surface area contributed by atoms with Crippen LogP contribution in [0.4, 0.5) is 5.69 Å². The average Bonchev–Trinajstić information content (AvgIpc) is 2.92. The van der Waals surface area contributed by atoms with E-state index in [1.165, 1.54) is 11.1 Å². The summed E-state index contributed by atoms with van der Waals surface area (Å²) in [6.45, 7) is -0.139. The first-order chi connectivity index (χ1) is 13.1. The van der Waals surface area contributed by atoms with Gasteiger partial charge in [-0.15, -0.1) is 0 Å². The zero-order valence-electron chi connectivity index (χ0n) is 13.9. The van der Waals surface area contributed by atoms with Gasteiger partial charge in [-0.25, -0.2) is 5.43 Å². The Hall–Kier alpha value is -2.89. The fourth-order valence-electron chi connectivity index (χ4n) is 3.12. The lowest BCUT2D eigenvalue weighted by Crippen LogP contribution is -2.37. The SMILES string of the molecule is O=C(CN1C(=O)c2cccc3cccc1c23)N/N=C\c1c(Cl)cccc1Cl. The molecule has 1 aliphatic rings. The molecule has 0 aliphatic carbocycles. The van der Waals surface area contributed by atoms with Crippen LogP contribution in [0.2, 0.25) is 10.0 Å². The second-order valence-electron chi connectivity index (χ2n) is 6.00. The van der Waals surface area contributed by atoms with Crippen LogP contribution in [0.3, 0.4) is 0 Å². The Balaban J connectivity index is 1.51. The molecule has 0 fully saturated rings. The van der Waals surface area contributed by atoms with Gasteiger partial charge >= 0.3 is 0 Å². The fourth-order valence-corrected chi connectivity index (χ4v) is 3.61. The molecule has 5 nitrogen and oxygen atoms in total. The number of amides is 2. The predicted molar refractivity (Wildman–Crippen MR) is 108 cm³/mol. The van der Waals surface area contributed by atoms with Gasteiger partial charge in [0.2, 0.25) is 0 Å². The van der Waals surface area contributed by atoms with Crippen molar-refractivity contribution in [2.45, 2.75) is 0 Å². The fraction of sp³-hybridized carbons (Fsp3) is 0.0500. The topological polar surface area (TPSA) is 61.8 Å². The number of hydrogen-bond acceptors (Lipinski definition) is 3. The summed E-state index contributed by atoms with van der Waals surface area (Å²) in [5, 5.41) is 6.58. The van der Waals surface area contributed by atoms with Gasteiger partial charge in [0.25, 0.3) is 11.8 Å². The van der Waals surface area contributed by atoms with Crippen molar-refractivity contribution in [3.05, 3.63) is 75.8 Å². The van der Waals surface area contributed by atoms with Crippen molar-refractivity contribution < 1.29 is 9.59 Å². The minimum atomic E-state index is -0.424. The maximum Gasteiger partial charge on any atom is 0.260 e. The van der Waals surface area contributed by atoms with E-state index in [0.717, 1.165) is 16.5 Å². The summed E-state index contributed by atoms with van der Waals surface area (Å²) in [7, 11) is 0. The second kappa shape index (κ2) is 7.02. The van der Waals surface area contributed by atoms with E-state index >= 15 is 0 Å². The molecule has 0 atom stereocenters. The second-order valence-corrected chi connectivity index (χ2v) is 6.82. The maximum absolute atomic E-state index is 12.7. The Labute approximate surface area is 165 Å². The molecule has 0 radical (unpaired) electrons. The standard InChI is InChI=1S/C20H13Cl2N3O2/c21-15-7-3-8-16(22)14(15)10-23-24-18(26)11-25-17-9-2-5-12-4-1-6-13(19(12)17)20(25)27/h1-10H,11H2,(H,24,26)/b23-10-. The quantitative estimate of drug-likeness (QED) is 0.528. The summed E-state index contributed by atoms with van der Waals surface area (Å²) in [5.41, 5.74) is 4.24. The number of nitrogens with one attached hydrogen (secondary N) is 1. The van der Waals surface area contributed by atoms with Crippen molar-refractivity contribution in [2.24, 2.45) is 5.10 Å². The smallest absolute Gasteiger partial charge is 0.260 e. The van der Waals surface area contributed by atoms with E-state index < -0.39 is 5.91 Å². The van der Waals surface area contributed by atoms with E-state index in [-0.39, 0.29) is 12.5 Å². The Morgan fingerprint density at radius 2 is 1.70 bits per heavy atom. The highest BCUT2D eigenvalue weighted by Gasteiger charge is 2.30. The third-order valence-corrected chi connectivity index (χ3v) is 4.99. The molecule has 0 aromatic heterocycles. The average molecular weight is 398 g/mol. The Kier molecular flexibility index (Phi) is 4.56. The molecule has 2 amide bonds. The number of hydrazone groups is 1. The molecule has 4 rings (SSSR count). The molecule has 27 heavy (non-hydrogen) atoms. The van der Waals surface area contributed by atoms with Crippen LogP contribution in [0.15, 0.2) is 59.7 Å². The van der Waals surface area contributed by atoms with Crippen LogP contribution in [-0.2, 0) is 4.79 Å². The molecule has 1 N–H and O–H groups in total. The highest BCUT2D eigenvalue weighted by atomic mass is 35.5. The van der Waals surface area contributed by atoms with Gasteiger partial charge < -0.3 is 0 Å². The molecule has 1 aliphatic heterocycles. The van der Waals surface area contributed by atoms with E-state index in [2.05, 4.69) is 10.5 Å². The van der Waals surface area contributed by atoms with Gasteiger partial charge in [0.15, 0.2) is 0 Å². The first-order valence-electron chi connectivity index (χ1n) is 8.16. The molecule has 7 heteroatoms. The van der Waals surface area contributed by atoms with Crippen LogP contribution in [-0.4, -0.2) is 24.6 Å². The molecule has 0 bridgehead atoms. The maximum atomic E-state index is 12.7. The van der Waals surface area contributed by atoms with Gasteiger partial charge in [0.05, 0.1) is 21.9 Å². The highest BCUT2D eigenvalue weighted by Crippen LogP contribution is 2.36. The van der Waals surface area contributed by atoms with Gasteiger partial charge in [-0.05, 0) is 29.7 Å². The van der Waals surface area contributed by atoms with Crippen molar-refractivity contribution in [2.75, 3.05) is 11.4 Å². The number of carbonyl (C=O) groups is 2. The molecule has 0 spiro atoms. The normalized spacial score (nSPS) is 13.0. The monoisotopic (exact) mass is 397 g/mol. The van der Waals surface area contributed by atoms with Crippen LogP contribution in [0.1, 0.15) is 15.9 Å². The Morgan fingerprint density at radius 1 is 1.04 bits per heavy atom. The number of rotatable bonds is 4. The molecule has 0 saturated carbocycles. The Morgan fingerprint density at radius 3 is 2.44 bits per heavy atom. The number of nitrogens with zero attached hydrogens (tertiary/aromatic N) is 2. The Bertz CT molecular complexity index is 1090. The predicted octanol–water partition coefficient (Wildman–Crippen LogP) is 4.26. The number of benzene rings is 3. The van der Waals surface area contributed by atoms with Gasteiger partial charge in [0.1, 0.15) is 6.54 Å². The number of hydrogen-bond donors (Lipinski definition) is 1. The molecular formula is C20H13Cl2N3O2. The number of halogens is 2. The van der Waals surface area contributed by atoms with Crippen LogP contribution < -0.4 is 10.3 Å². The minimum absolute atomic E-state index is 0.139. The summed E-state index contributed by atoms with van der Waals surface area (Å²) >= 11 is 12.1. The van der Waals surface area contributed by atoms with E-state index in [1.807, 2.05) is 30.3 Å². The van der Waals surface area contributed by atoms with Crippen molar-refractivity contribution in [3.8, 4) is 0 Å². The van der Waals surface area contributed by atoms with Crippen LogP contribution in [0.5, 0.6) is 0 Å². The molecule has 3 aromatic carbocycles. The highest BCUT2D eigenvalue weighted by molar-refractivity contribution is 6.38. The number of anilines is 1. The molecular weight excluding hydrogens is 385 g/mol. The van der Waals surface area contributed by atoms with E-state index in [0.29, 0.717) is 21.2 Å². The lowest BCUT2D eigenvalue weighted by atomic mass is 10.1. The van der Waals surface area contributed by atoms with Crippen LogP contribution in [0, 0.1) is 0 Å². The minimum Gasteiger partial charge on any atom is -0.298 e. The van der Waals surface area contributed by atoms with Crippen molar-refractivity contribution in [1.29, 1.82) is 0 Å². The third kappa shape index (κ3) is 3.16. The van der Waals surface area contributed by atoms with Crippen molar-refractivity contribution >= 4 is 57.7 Å². The zero-order valence-corrected chi connectivity index (χ0v) is 15.5. The van der Waals surface area contributed by atoms with Crippen molar-refractivity contribution in [1.82, 2.24) is 5.43 Å². The molecule has 134 valence electrons. The summed E-state index contributed by atoms with van der Waals surface area (Å²) in [6.07, 6.45) is 1.38. The molecule has 1 heterocycles. The molecule has 0 saturated heterocycles. The summed E-state index contributed by atoms with van der Waals surface area (Å²) in [4.78, 5) is 26.4. The summed E-state index contributed by atoms with van der Waals surface area (Å²) < 4.78 is 0. The summed E-state index contributed by atoms with van der Waals surface area (Å²) in [5.74, 6) is -0.623. The number of carbonyl (C=O) groups excluding carboxylic acids is 2. The van der Waals surface area contributed by atoms with Gasteiger partial charge in [0, 0.05) is 16.5 Å². The summed E-state index contributed by atoms with van der Waals surface area (Å²) in [6, 6.07) is 16.3.